The van der Waals surface area contributed by atoms with E-state index in [0.717, 1.165) is 45.4 Å². The van der Waals surface area contributed by atoms with Gasteiger partial charge in [-0.25, -0.2) is 4.39 Å². The molecule has 0 bridgehead atoms. The fourth-order valence-electron chi connectivity index (χ4n) is 4.83. The second-order valence-corrected chi connectivity index (χ2v) is 7.93. The van der Waals surface area contributed by atoms with Crippen LogP contribution in [0, 0.1) is 5.82 Å². The molecule has 28 heavy (non-hydrogen) atoms. The molecule has 2 atom stereocenters. The molecule has 3 fully saturated rings. The summed E-state index contributed by atoms with van der Waals surface area (Å²) in [6.07, 6.45) is 4.27. The van der Waals surface area contributed by atoms with Crippen molar-refractivity contribution in [1.82, 2.24) is 9.80 Å². The van der Waals surface area contributed by atoms with E-state index < -0.39 is 11.9 Å². The first kappa shape index (κ1) is 19.3. The van der Waals surface area contributed by atoms with E-state index in [0.29, 0.717) is 24.7 Å². The maximum atomic E-state index is 14.1. The zero-order valence-corrected chi connectivity index (χ0v) is 16.3. The highest BCUT2D eigenvalue weighted by Crippen LogP contribution is 2.30. The molecule has 0 aliphatic carbocycles. The van der Waals surface area contributed by atoms with Crippen LogP contribution in [0.2, 0.25) is 0 Å². The molecule has 3 saturated heterocycles. The van der Waals surface area contributed by atoms with Gasteiger partial charge in [-0.3, -0.25) is 14.5 Å². The van der Waals surface area contributed by atoms with Crippen molar-refractivity contribution in [3.05, 3.63) is 30.1 Å². The molecule has 6 nitrogen and oxygen atoms in total. The third-order valence-corrected chi connectivity index (χ3v) is 6.37. The molecule has 0 aromatic heterocycles. The second-order valence-electron chi connectivity index (χ2n) is 7.93. The van der Waals surface area contributed by atoms with E-state index in [1.54, 1.807) is 30.1 Å². The van der Waals surface area contributed by atoms with E-state index in [1.165, 1.54) is 11.0 Å². The Hall–Kier alpha value is -1.99. The monoisotopic (exact) mass is 389 g/mol. The highest BCUT2D eigenvalue weighted by Gasteiger charge is 2.43. The van der Waals surface area contributed by atoms with E-state index in [1.807, 2.05) is 0 Å². The highest BCUT2D eigenvalue weighted by atomic mass is 19.1. The van der Waals surface area contributed by atoms with Gasteiger partial charge in [-0.05, 0) is 50.8 Å². The maximum Gasteiger partial charge on any atom is 0.249 e. The van der Waals surface area contributed by atoms with E-state index in [-0.39, 0.29) is 17.9 Å². The Kier molecular flexibility index (Phi) is 5.64. The molecular formula is C21H28FN3O3. The number of halogens is 1. The van der Waals surface area contributed by atoms with E-state index >= 15 is 0 Å². The lowest BCUT2D eigenvalue weighted by molar-refractivity contribution is -0.141. The molecule has 1 aromatic rings. The molecule has 4 rings (SSSR count). The number of amides is 2. The Labute approximate surface area is 165 Å². The van der Waals surface area contributed by atoms with Gasteiger partial charge in [0.05, 0.1) is 11.7 Å². The summed E-state index contributed by atoms with van der Waals surface area (Å²) < 4.78 is 19.6. The van der Waals surface area contributed by atoms with Crippen LogP contribution in [0.3, 0.4) is 0 Å². The number of nitrogens with zero attached hydrogens (tertiary/aromatic N) is 3. The second kappa shape index (κ2) is 8.17. The van der Waals surface area contributed by atoms with Crippen LogP contribution in [0.15, 0.2) is 24.3 Å². The van der Waals surface area contributed by atoms with Crippen LogP contribution < -0.4 is 4.90 Å². The van der Waals surface area contributed by atoms with E-state index in [4.69, 9.17) is 4.74 Å². The lowest BCUT2D eigenvalue weighted by Gasteiger charge is -2.37. The van der Waals surface area contributed by atoms with Crippen LogP contribution in [0.1, 0.15) is 32.1 Å². The average Bonchev–Trinajstić information content (AvgIpc) is 3.35. The highest BCUT2D eigenvalue weighted by molar-refractivity contribution is 6.01. The minimum atomic E-state index is -0.524. The number of para-hydroxylation sites is 1. The summed E-state index contributed by atoms with van der Waals surface area (Å²) in [5.41, 5.74) is 0.292. The Balaban J connectivity index is 1.45. The van der Waals surface area contributed by atoms with Crippen molar-refractivity contribution in [3.8, 4) is 0 Å². The number of likely N-dealkylation sites (N-methyl/N-ethyl adjacent to an activating group) is 1. The van der Waals surface area contributed by atoms with Gasteiger partial charge in [0, 0.05) is 32.8 Å². The normalized spacial score (nSPS) is 26.8. The molecule has 1 aromatic carbocycles. The van der Waals surface area contributed by atoms with Crippen LogP contribution in [-0.4, -0.2) is 73.1 Å². The quantitative estimate of drug-likeness (QED) is 0.791. The summed E-state index contributed by atoms with van der Waals surface area (Å²) in [7, 11) is 1.72. The van der Waals surface area contributed by atoms with Crippen molar-refractivity contribution in [3.63, 3.8) is 0 Å². The van der Waals surface area contributed by atoms with Crippen LogP contribution in [-0.2, 0) is 14.3 Å². The Bertz CT molecular complexity index is 737. The van der Waals surface area contributed by atoms with Crippen molar-refractivity contribution < 1.29 is 18.7 Å². The topological polar surface area (TPSA) is 53.1 Å². The fraction of sp³-hybridized carbons (Fsp3) is 0.619. The molecule has 3 heterocycles. The minimum Gasteiger partial charge on any atom is -0.381 e. The fourth-order valence-corrected chi connectivity index (χ4v) is 4.83. The number of rotatable bonds is 4. The smallest absolute Gasteiger partial charge is 0.249 e. The molecule has 7 heteroatoms. The molecule has 3 aliphatic rings. The number of ether oxygens (including phenoxy) is 1. The van der Waals surface area contributed by atoms with Crippen LogP contribution >= 0.6 is 0 Å². The third-order valence-electron chi connectivity index (χ3n) is 6.37. The van der Waals surface area contributed by atoms with Gasteiger partial charge in [-0.1, -0.05) is 12.1 Å². The average molecular weight is 389 g/mol. The molecule has 0 spiro atoms. The summed E-state index contributed by atoms with van der Waals surface area (Å²) in [6, 6.07) is 5.99. The molecule has 2 amide bonds. The molecule has 3 aliphatic heterocycles. The summed E-state index contributed by atoms with van der Waals surface area (Å²) >= 11 is 0. The van der Waals surface area contributed by atoms with Crippen LogP contribution in [0.25, 0.3) is 0 Å². The van der Waals surface area contributed by atoms with Gasteiger partial charge >= 0.3 is 0 Å². The number of hydrogen-bond acceptors (Lipinski definition) is 4. The molecular weight excluding hydrogens is 361 g/mol. The Morgan fingerprint density at radius 3 is 2.64 bits per heavy atom. The third kappa shape index (κ3) is 3.53. The van der Waals surface area contributed by atoms with Gasteiger partial charge in [0.2, 0.25) is 11.8 Å². The predicted octanol–water partition coefficient (Wildman–Crippen LogP) is 2.03. The van der Waals surface area contributed by atoms with Crippen LogP contribution in [0.4, 0.5) is 10.1 Å². The number of carbonyl (C=O) groups excluding carboxylic acids is 2. The van der Waals surface area contributed by atoms with Gasteiger partial charge in [0.15, 0.2) is 0 Å². The lowest BCUT2D eigenvalue weighted by atomic mass is 10.0. The van der Waals surface area contributed by atoms with Crippen molar-refractivity contribution in [2.45, 2.75) is 50.2 Å². The maximum absolute atomic E-state index is 14.1. The SMILES string of the molecule is CN(C(=O)C1CCCN1C1CCOCC1)C1CCN(c2ccccc2F)C1=O. The Morgan fingerprint density at radius 2 is 1.89 bits per heavy atom. The zero-order chi connectivity index (χ0) is 19.7. The van der Waals surface area contributed by atoms with Gasteiger partial charge in [0.25, 0.3) is 0 Å². The summed E-state index contributed by atoms with van der Waals surface area (Å²) in [5, 5.41) is 0. The van der Waals surface area contributed by atoms with Gasteiger partial charge in [0.1, 0.15) is 11.9 Å². The molecule has 0 N–H and O–H groups in total. The Morgan fingerprint density at radius 1 is 1.14 bits per heavy atom. The van der Waals surface area contributed by atoms with Crippen molar-refractivity contribution in [2.75, 3.05) is 38.3 Å². The number of hydrogen-bond donors (Lipinski definition) is 0. The van der Waals surface area contributed by atoms with Gasteiger partial charge < -0.3 is 14.5 Å². The number of likely N-dealkylation sites (tertiary alicyclic amines) is 1. The van der Waals surface area contributed by atoms with Crippen LogP contribution in [0.5, 0.6) is 0 Å². The number of benzene rings is 1. The first-order valence-corrected chi connectivity index (χ1v) is 10.2. The summed E-state index contributed by atoms with van der Waals surface area (Å²) in [5.74, 6) is -0.596. The molecule has 0 radical (unpaired) electrons. The van der Waals surface area contributed by atoms with E-state index in [2.05, 4.69) is 4.90 Å². The lowest BCUT2D eigenvalue weighted by Crippen LogP contribution is -2.53. The van der Waals surface area contributed by atoms with Crippen molar-refractivity contribution in [1.29, 1.82) is 0 Å². The summed E-state index contributed by atoms with van der Waals surface area (Å²) in [6.45, 7) is 2.85. The largest absolute Gasteiger partial charge is 0.381 e. The van der Waals surface area contributed by atoms with E-state index in [9.17, 15) is 14.0 Å². The van der Waals surface area contributed by atoms with Gasteiger partial charge in [-0.2, -0.15) is 0 Å². The predicted molar refractivity (Wildman–Crippen MR) is 103 cm³/mol. The number of carbonyl (C=O) groups is 2. The first-order chi connectivity index (χ1) is 13.6. The molecule has 152 valence electrons. The van der Waals surface area contributed by atoms with Crippen molar-refractivity contribution in [2.24, 2.45) is 0 Å². The molecule has 0 saturated carbocycles. The first-order valence-electron chi connectivity index (χ1n) is 10.2. The van der Waals surface area contributed by atoms with Crippen molar-refractivity contribution >= 4 is 17.5 Å². The standard InChI is InChI=1S/C21H28FN3O3/c1-23(18-8-12-25(21(18)27)17-6-3-2-5-16(17)22)20(26)19-7-4-11-24(19)15-9-13-28-14-10-15/h2-3,5-6,15,18-19H,4,7-14H2,1H3. The summed E-state index contributed by atoms with van der Waals surface area (Å²) in [4.78, 5) is 31.6. The molecule has 2 unspecified atom stereocenters. The zero-order valence-electron chi connectivity index (χ0n) is 16.3. The van der Waals surface area contributed by atoms with Gasteiger partial charge in [-0.15, -0.1) is 0 Å². The number of anilines is 1. The minimum absolute atomic E-state index is 0.0118.